The molecule has 12 rings (SSSR count). The Morgan fingerprint density at radius 3 is 1.38 bits per heavy atom. The van der Waals surface area contributed by atoms with E-state index in [1.165, 1.54) is 6.92 Å². The van der Waals surface area contributed by atoms with Gasteiger partial charge < -0.3 is 46.3 Å². The van der Waals surface area contributed by atoms with E-state index in [4.69, 9.17) is 9.47 Å². The Bertz CT molecular complexity index is 3230. The average Bonchev–Trinajstić information content (AvgIpc) is 1.28. The molecule has 0 saturated carbocycles. The minimum Gasteiger partial charge on any atom is -1.00 e. The van der Waals surface area contributed by atoms with Gasteiger partial charge in [0.05, 0.1) is 25.0 Å². The number of nitrogens with one attached hydrogen (secondary N) is 2. The van der Waals surface area contributed by atoms with Crippen LogP contribution >= 0.6 is 212 Å². The van der Waals surface area contributed by atoms with E-state index in [0.717, 1.165) is 103 Å². The molecule has 6 aliphatic heterocycles. The van der Waals surface area contributed by atoms with Crippen molar-refractivity contribution in [3.05, 3.63) is 203 Å². The van der Waals surface area contributed by atoms with Gasteiger partial charge in [-0.2, -0.15) is 0 Å². The molecule has 6 fully saturated rings. The van der Waals surface area contributed by atoms with Gasteiger partial charge >= 0.3 is 227 Å². The summed E-state index contributed by atoms with van der Waals surface area (Å²) in [5, 5.41) is 7.11. The predicted octanol–water partition coefficient (Wildman–Crippen LogP) is 18.2. The minimum atomic E-state index is -0.587. The smallest absolute Gasteiger partial charge is 0.333 e. The number of carbonyl (C=O) groups is 5. The molecule has 6 saturated heterocycles. The molecule has 0 unspecified atom stereocenters. The molecule has 0 radical (unpaired) electrons. The zero-order chi connectivity index (χ0) is 66.7. The molecule has 6 aromatic carbocycles. The summed E-state index contributed by atoms with van der Waals surface area (Å²) < 4.78 is 17.3. The number of ketones is 2. The van der Waals surface area contributed by atoms with Crippen LogP contribution in [-0.2, 0) is 28.6 Å². The maximum Gasteiger partial charge on any atom is 0.333 e. The molecule has 4 atom stereocenters. The van der Waals surface area contributed by atoms with E-state index in [0.29, 0.717) is 54.6 Å². The Balaban J connectivity index is 0.000000235. The van der Waals surface area contributed by atoms with Gasteiger partial charge in [0.15, 0.2) is 24.0 Å². The number of anilines is 2. The first-order valence-corrected chi connectivity index (χ1v) is 118. The number of carbonyl (C=O) groups excluding carboxylic acids is 5. The molecule has 2 N–H and O–H groups in total. The monoisotopic (exact) mass is 3090 g/mol. The molecule has 29 heteroatoms. The minimum absolute atomic E-state index is 0. The standard InChI is InChI=1S/C30H33N2O3.C21H24N2O2.C9H9BrO.C4H8O2.BrH.I15/c1-22-10-8-9-15-26(22)27(33)20-32-18-16-23(17-19-32)28(21-32)35-30(34)29(24-11-4-2-5-12-24)31-25-13-6-3-7-14-25;24-21(25-19-15-23-13-11-16(19)12-14-23)20(17-7-3-1-4-8-17)22-18-9-5-2-6-10-18;1-7-4-2-3-5-8(7)9(11)6-10;1-3-6-4(2)5;;1-9-11(4)13(6)15(8)14(7)12(5)10(2)3/h2-15,23,28-29,31H,16-21H2,1H3;1-10,16,19-20,22H,11-15H2;2-5H,6H2,1H3;3H2,1-2H3;1H;/q+1;;;;;-1/p-1/t23?,28-,29+,32?;19-,20+;;;;/m00..../s1. The Hall–Kier alpha value is 4.50. The maximum absolute atomic E-state index is 13.5. The van der Waals surface area contributed by atoms with Crippen molar-refractivity contribution in [2.24, 2.45) is 11.8 Å². The first-order chi connectivity index (χ1) is 44.2. The van der Waals surface area contributed by atoms with Crippen LogP contribution in [0.15, 0.2) is 170 Å². The third kappa shape index (κ3) is 30.0. The second-order valence-corrected chi connectivity index (χ2v) is 331. The second-order valence-electron chi connectivity index (χ2n) is 21.3. The fourth-order valence-corrected chi connectivity index (χ4v) is 1900. The number of benzene rings is 6. The summed E-state index contributed by atoms with van der Waals surface area (Å²) >= 11 is 27.4. The van der Waals surface area contributed by atoms with E-state index >= 15 is 0 Å². The fraction of sp³-hybridized carbons (Fsp3) is 0.359. The van der Waals surface area contributed by atoms with Crippen LogP contribution in [0.3, 0.4) is 0 Å². The number of hydrogen-bond donors (Lipinski definition) is 2. The van der Waals surface area contributed by atoms with Crippen molar-refractivity contribution in [1.82, 2.24) is 4.90 Å². The number of piperidine rings is 6. The number of hydrogen-bond acceptors (Lipinski definition) is 11. The normalized spacial score (nSPS) is 20.4. The van der Waals surface area contributed by atoms with Crippen LogP contribution in [0.4, 0.5) is 11.4 Å². The molecule has 93 heavy (non-hydrogen) atoms. The second kappa shape index (κ2) is 47.9. The quantitative estimate of drug-likeness (QED) is 0.0168. The van der Waals surface area contributed by atoms with Crippen molar-refractivity contribution in [2.75, 3.05) is 68.4 Å². The number of fused-ring (bicyclic) bond motifs is 6. The molecule has 0 aliphatic carbocycles. The van der Waals surface area contributed by atoms with E-state index in [2.05, 4.69) is 185 Å². The number of alkyl halides is 1. The van der Waals surface area contributed by atoms with Crippen molar-refractivity contribution in [2.45, 2.75) is 77.7 Å². The maximum atomic E-state index is 13.5. The van der Waals surface area contributed by atoms with Crippen LogP contribution in [0.5, 0.6) is 0 Å². The van der Waals surface area contributed by atoms with Crippen molar-refractivity contribution in [3.63, 3.8) is 0 Å². The molecule has 6 aromatic rings. The number of Topliss-reactive ketones (excluding diaryl/α,β-unsaturated/α-hetero) is 2. The van der Waals surface area contributed by atoms with Gasteiger partial charge in [-0.05, 0) is 99.1 Å². The van der Waals surface area contributed by atoms with Gasteiger partial charge in [-0.1, -0.05) is 162 Å². The number of para-hydroxylation sites is 2. The molecule has 518 valence electrons. The molecular weight excluding hydrogens is 3020 g/mol. The topological polar surface area (TPSA) is 140 Å². The van der Waals surface area contributed by atoms with E-state index in [1.807, 2.05) is 184 Å². The van der Waals surface area contributed by atoms with Crippen LogP contribution in [0.25, 0.3) is 0 Å². The summed E-state index contributed by atoms with van der Waals surface area (Å²) in [5.41, 5.74) is 7.27. The van der Waals surface area contributed by atoms with Crippen LogP contribution in [0, 0.1) is 25.7 Å². The molecule has 0 spiro atoms. The van der Waals surface area contributed by atoms with Gasteiger partial charge in [-0.25, -0.2) is 9.59 Å². The zero-order valence-corrected chi connectivity index (χ0v) is 86.4. The summed E-state index contributed by atoms with van der Waals surface area (Å²) in [5.74, 6) is 0.542. The van der Waals surface area contributed by atoms with Gasteiger partial charge in [0, 0.05) is 54.7 Å². The van der Waals surface area contributed by atoms with Crippen molar-refractivity contribution in [1.29, 1.82) is 0 Å². The number of quaternary nitrogens is 1. The number of aryl methyl sites for hydroxylation is 2. The largest absolute Gasteiger partial charge is 1.00 e. The molecule has 12 nitrogen and oxygen atoms in total. The Kier molecular flexibility index (Phi) is 45.4. The summed E-state index contributed by atoms with van der Waals surface area (Å²) in [6.07, 6.45) is 4.11. The third-order valence-electron chi connectivity index (χ3n) is 15.4. The van der Waals surface area contributed by atoms with Gasteiger partial charge in [0.25, 0.3) is 0 Å². The molecule has 4 bridgehead atoms. The predicted molar refractivity (Wildman–Crippen MR) is 503 cm³/mol. The van der Waals surface area contributed by atoms with Gasteiger partial charge in [-0.3, -0.25) is 19.3 Å². The molecule has 0 amide bonds. The third-order valence-corrected chi connectivity index (χ3v) is 925. The van der Waals surface area contributed by atoms with Crippen molar-refractivity contribution < 1.29 is 72.9 Å². The first-order valence-electron chi connectivity index (χ1n) is 28.9. The van der Waals surface area contributed by atoms with E-state index < -0.39 is 20.0 Å². The summed E-state index contributed by atoms with van der Waals surface area (Å²) in [6, 6.07) is 53.4. The van der Waals surface area contributed by atoms with Crippen molar-refractivity contribution in [3.8, 4) is 0 Å². The van der Waals surface area contributed by atoms with Crippen LogP contribution < -0.4 is 40.9 Å². The average molecular weight is 3090 g/mol. The number of nitrogens with zero attached hydrogens (tertiary/aromatic N) is 2. The number of esters is 3. The van der Waals surface area contributed by atoms with Gasteiger partial charge in [0.1, 0.15) is 19.2 Å². The molecule has 0 aromatic heterocycles. The molecule has 6 aliphatic rings. The molecule has 6 heterocycles. The Morgan fingerprint density at radius 2 is 0.989 bits per heavy atom. The number of ether oxygens (including phenoxy) is 3. The Labute approximate surface area is 676 Å². The van der Waals surface area contributed by atoms with Crippen molar-refractivity contribution >= 4 is 253 Å². The molecular formula is C64H74Br2I15N4O8-. The summed E-state index contributed by atoms with van der Waals surface area (Å²) in [6.45, 7) is 13.9. The number of rotatable bonds is 22. The summed E-state index contributed by atoms with van der Waals surface area (Å²) in [7, 11) is -2.01. The van der Waals surface area contributed by atoms with Crippen LogP contribution in [0.2, 0.25) is 0 Å². The fourth-order valence-electron chi connectivity index (χ4n) is 10.9. The number of halogens is 17. The first kappa shape index (κ1) is 88.1. The SMILES string of the molecule is CCOC(C)=O.Cc1ccccc1C(=O)CBr.Cc1ccccc1C(=O)C[N+]12CCC(CC1)[C@@H](OC(=O)[C@H](Nc1ccccc1)c1ccccc1)C2.I[I-]I(I)I(I)I(I)I(I)I(I)I(I)I.O=C(O[C@H]1CN2CCC1CC2)[C@H](Nc1ccccc1)c1ccccc1.[Br-]. The van der Waals surface area contributed by atoms with Gasteiger partial charge in [0.2, 0.25) is 5.78 Å². The van der Waals surface area contributed by atoms with Crippen LogP contribution in [-0.4, -0.2) is 109 Å². The zero-order valence-electron chi connectivity index (χ0n) is 50.9. The van der Waals surface area contributed by atoms with E-state index in [-0.39, 0.29) is 98.1 Å². The Morgan fingerprint density at radius 1 is 0.581 bits per heavy atom. The van der Waals surface area contributed by atoms with E-state index in [9.17, 15) is 24.0 Å². The summed E-state index contributed by atoms with van der Waals surface area (Å²) in [4.78, 5) is 63.1. The van der Waals surface area contributed by atoms with Crippen LogP contribution in [0.1, 0.15) is 94.6 Å². The van der Waals surface area contributed by atoms with E-state index in [1.54, 1.807) is 6.92 Å². The van der Waals surface area contributed by atoms with Gasteiger partial charge in [-0.15, -0.1) is 0 Å².